The Balaban J connectivity index is 1.81. The first-order valence-corrected chi connectivity index (χ1v) is 13.4. The summed E-state index contributed by atoms with van der Waals surface area (Å²) < 4.78 is 12.1. The molecule has 3 aliphatic heterocycles. The summed E-state index contributed by atoms with van der Waals surface area (Å²) in [5, 5.41) is 10.5. The van der Waals surface area contributed by atoms with Crippen molar-refractivity contribution in [1.29, 1.82) is 0 Å². The van der Waals surface area contributed by atoms with Gasteiger partial charge in [-0.1, -0.05) is 56.7 Å². The van der Waals surface area contributed by atoms with Gasteiger partial charge in [-0.15, -0.1) is 6.58 Å². The molecule has 8 heteroatoms. The number of esters is 1. The molecule has 37 heavy (non-hydrogen) atoms. The molecule has 2 unspecified atom stereocenters. The molecule has 202 valence electrons. The molecule has 0 radical (unpaired) electrons. The summed E-state index contributed by atoms with van der Waals surface area (Å²) >= 11 is 0. The lowest BCUT2D eigenvalue weighted by Gasteiger charge is -2.41. The maximum Gasteiger partial charge on any atom is 0.312 e. The molecule has 3 aliphatic rings. The number of nitrogens with zero attached hydrogens (tertiary/aromatic N) is 2. The fourth-order valence-electron chi connectivity index (χ4n) is 6.77. The number of carbonyl (C=O) groups excluding carboxylic acids is 3. The predicted molar refractivity (Wildman–Crippen MR) is 138 cm³/mol. The second-order valence-corrected chi connectivity index (χ2v) is 10.9. The van der Waals surface area contributed by atoms with Crippen LogP contribution in [0.3, 0.4) is 0 Å². The van der Waals surface area contributed by atoms with Gasteiger partial charge in [-0.05, 0) is 38.2 Å². The SMILES string of the molecule is C=CCN(Cc1ccccc1)C(=O)C1N([C@@H](CO)[C@@H](C)CC)C(=O)[C@@H]2[C@@H](C(=O)OCC)[C@@]3(C)CCC12O3. The molecule has 3 heterocycles. The van der Waals surface area contributed by atoms with E-state index in [0.29, 0.717) is 32.4 Å². The summed E-state index contributed by atoms with van der Waals surface area (Å²) in [5.74, 6) is -2.72. The Hall–Kier alpha value is -2.71. The van der Waals surface area contributed by atoms with Crippen LogP contribution in [-0.2, 0) is 30.4 Å². The summed E-state index contributed by atoms with van der Waals surface area (Å²) in [5.41, 5.74) is -1.08. The number of carbonyl (C=O) groups is 3. The van der Waals surface area contributed by atoms with E-state index in [0.717, 1.165) is 5.56 Å². The number of fused-ring (bicyclic) bond motifs is 1. The van der Waals surface area contributed by atoms with Crippen LogP contribution in [0, 0.1) is 17.8 Å². The van der Waals surface area contributed by atoms with Crippen molar-refractivity contribution >= 4 is 17.8 Å². The highest BCUT2D eigenvalue weighted by molar-refractivity contribution is 5.98. The Morgan fingerprint density at radius 1 is 1.30 bits per heavy atom. The average molecular weight is 513 g/mol. The minimum atomic E-state index is -1.16. The predicted octanol–water partition coefficient (Wildman–Crippen LogP) is 2.94. The van der Waals surface area contributed by atoms with Crippen molar-refractivity contribution in [1.82, 2.24) is 9.80 Å². The standard InChI is InChI=1S/C29H40N2O6/c1-6-16-30(17-20-12-10-9-11-13-20)26(34)24-29-15-14-28(5,37-29)23(27(35)36-8-3)22(29)25(33)31(24)21(18-32)19(4)7-2/h6,9-13,19,21-24,32H,1,7-8,14-18H2,2-5H3/t19-,21-,22-,23-,24?,28+,29?/m0/s1. The van der Waals surface area contributed by atoms with Crippen molar-refractivity contribution in [3.63, 3.8) is 0 Å². The lowest BCUT2D eigenvalue weighted by atomic mass is 9.66. The molecular weight excluding hydrogens is 472 g/mol. The number of ether oxygens (including phenoxy) is 2. The average Bonchev–Trinajstić information content (AvgIpc) is 3.45. The Kier molecular flexibility index (Phi) is 7.81. The topological polar surface area (TPSA) is 96.4 Å². The number of amides is 2. The maximum atomic E-state index is 14.5. The van der Waals surface area contributed by atoms with Crippen molar-refractivity contribution in [2.24, 2.45) is 17.8 Å². The van der Waals surface area contributed by atoms with E-state index in [1.54, 1.807) is 22.8 Å². The third-order valence-corrected chi connectivity index (χ3v) is 8.71. The van der Waals surface area contributed by atoms with Gasteiger partial charge in [0.25, 0.3) is 0 Å². The van der Waals surface area contributed by atoms with Gasteiger partial charge in [-0.3, -0.25) is 14.4 Å². The van der Waals surface area contributed by atoms with Crippen molar-refractivity contribution in [2.75, 3.05) is 19.8 Å². The summed E-state index contributed by atoms with van der Waals surface area (Å²) in [6.07, 6.45) is 3.42. The number of benzene rings is 1. The number of hydrogen-bond acceptors (Lipinski definition) is 6. The van der Waals surface area contributed by atoms with E-state index in [9.17, 15) is 19.5 Å². The maximum absolute atomic E-state index is 14.5. The van der Waals surface area contributed by atoms with Gasteiger partial charge in [0.05, 0.1) is 30.8 Å². The third-order valence-electron chi connectivity index (χ3n) is 8.71. The van der Waals surface area contributed by atoms with Gasteiger partial charge < -0.3 is 24.4 Å². The highest BCUT2D eigenvalue weighted by Crippen LogP contribution is 2.64. The molecule has 0 aliphatic carbocycles. The van der Waals surface area contributed by atoms with Crippen LogP contribution in [0.1, 0.15) is 52.5 Å². The molecule has 7 atom stereocenters. The Morgan fingerprint density at radius 2 is 2.00 bits per heavy atom. The number of likely N-dealkylation sites (tertiary alicyclic amines) is 1. The Bertz CT molecular complexity index is 1030. The normalized spacial score (nSPS) is 31.6. The third kappa shape index (κ3) is 4.38. The smallest absolute Gasteiger partial charge is 0.312 e. The van der Waals surface area contributed by atoms with E-state index >= 15 is 0 Å². The minimum Gasteiger partial charge on any atom is -0.466 e. The molecule has 3 fully saturated rings. The van der Waals surface area contributed by atoms with E-state index < -0.39 is 41.1 Å². The molecule has 1 aromatic rings. The van der Waals surface area contributed by atoms with E-state index in [2.05, 4.69) is 6.58 Å². The van der Waals surface area contributed by atoms with E-state index in [4.69, 9.17) is 9.47 Å². The van der Waals surface area contributed by atoms with Crippen molar-refractivity contribution < 1.29 is 29.0 Å². The first-order chi connectivity index (χ1) is 17.7. The van der Waals surface area contributed by atoms with Crippen molar-refractivity contribution in [3.05, 3.63) is 48.6 Å². The molecule has 1 N–H and O–H groups in total. The summed E-state index contributed by atoms with van der Waals surface area (Å²) in [7, 11) is 0. The van der Waals surface area contributed by atoms with Gasteiger partial charge in [0.15, 0.2) is 0 Å². The van der Waals surface area contributed by atoms with E-state index in [-0.39, 0.29) is 30.9 Å². The summed E-state index contributed by atoms with van der Waals surface area (Å²) in [4.78, 5) is 45.1. The number of aliphatic hydroxyl groups excluding tert-OH is 1. The monoisotopic (exact) mass is 512 g/mol. The van der Waals surface area contributed by atoms with Gasteiger partial charge in [0.1, 0.15) is 17.6 Å². The lowest BCUT2D eigenvalue weighted by Crippen LogP contribution is -2.59. The van der Waals surface area contributed by atoms with Crippen LogP contribution >= 0.6 is 0 Å². The zero-order valence-electron chi connectivity index (χ0n) is 22.4. The molecule has 8 nitrogen and oxygen atoms in total. The second kappa shape index (κ2) is 10.6. The first-order valence-electron chi connectivity index (χ1n) is 13.4. The largest absolute Gasteiger partial charge is 0.466 e. The zero-order valence-corrected chi connectivity index (χ0v) is 22.4. The quantitative estimate of drug-likeness (QED) is 0.362. The van der Waals surface area contributed by atoms with Gasteiger partial charge in [-0.25, -0.2) is 0 Å². The molecule has 2 bridgehead atoms. The summed E-state index contributed by atoms with van der Waals surface area (Å²) in [6.45, 7) is 11.9. The molecule has 2 amide bonds. The molecule has 4 rings (SSSR count). The lowest BCUT2D eigenvalue weighted by molar-refractivity contribution is -0.162. The molecule has 1 spiro atoms. The van der Waals surface area contributed by atoms with E-state index in [1.807, 2.05) is 51.1 Å². The van der Waals surface area contributed by atoms with Crippen LogP contribution in [0.5, 0.6) is 0 Å². The fourth-order valence-corrected chi connectivity index (χ4v) is 6.77. The van der Waals surface area contributed by atoms with Gasteiger partial charge >= 0.3 is 5.97 Å². The molecule has 0 aromatic heterocycles. The summed E-state index contributed by atoms with van der Waals surface area (Å²) in [6, 6.07) is 8.13. The van der Waals surface area contributed by atoms with Gasteiger partial charge in [0, 0.05) is 13.1 Å². The van der Waals surface area contributed by atoms with Crippen LogP contribution in [0.2, 0.25) is 0 Å². The second-order valence-electron chi connectivity index (χ2n) is 10.9. The molecule has 1 aromatic carbocycles. The highest BCUT2D eigenvalue weighted by atomic mass is 16.6. The number of hydrogen-bond donors (Lipinski definition) is 1. The van der Waals surface area contributed by atoms with Crippen molar-refractivity contribution in [3.8, 4) is 0 Å². The first kappa shape index (κ1) is 27.3. The fraction of sp³-hybridized carbons (Fsp3) is 0.621. The van der Waals surface area contributed by atoms with Crippen LogP contribution < -0.4 is 0 Å². The molecule has 3 saturated heterocycles. The molecule has 0 saturated carbocycles. The Labute approximate surface area is 219 Å². The van der Waals surface area contributed by atoms with Crippen LogP contribution in [0.4, 0.5) is 0 Å². The van der Waals surface area contributed by atoms with Crippen LogP contribution in [-0.4, -0.2) is 75.7 Å². The zero-order chi connectivity index (χ0) is 27.0. The Morgan fingerprint density at radius 3 is 2.59 bits per heavy atom. The van der Waals surface area contributed by atoms with Gasteiger partial charge in [-0.2, -0.15) is 0 Å². The molecular formula is C29H40N2O6. The van der Waals surface area contributed by atoms with Crippen LogP contribution in [0.15, 0.2) is 43.0 Å². The highest BCUT2D eigenvalue weighted by Gasteiger charge is 2.79. The van der Waals surface area contributed by atoms with E-state index in [1.165, 1.54) is 0 Å². The number of rotatable bonds is 11. The van der Waals surface area contributed by atoms with Crippen LogP contribution in [0.25, 0.3) is 0 Å². The number of aliphatic hydroxyl groups is 1. The van der Waals surface area contributed by atoms with Gasteiger partial charge in [0.2, 0.25) is 11.8 Å². The minimum absolute atomic E-state index is 0.0599. The van der Waals surface area contributed by atoms with Crippen molar-refractivity contribution in [2.45, 2.75) is 76.8 Å².